The van der Waals surface area contributed by atoms with E-state index in [0.717, 1.165) is 51.4 Å². The van der Waals surface area contributed by atoms with Crippen LogP contribution in [-0.2, 0) is 6.42 Å². The second-order valence-electron chi connectivity index (χ2n) is 9.57. The highest BCUT2D eigenvalue weighted by atomic mass is 16.3. The summed E-state index contributed by atoms with van der Waals surface area (Å²) in [6, 6.07) is 2.05. The summed E-state index contributed by atoms with van der Waals surface area (Å²) in [5, 5.41) is 0. The first kappa shape index (κ1) is 28.8. The van der Waals surface area contributed by atoms with Crippen LogP contribution in [-0.4, -0.2) is 0 Å². The zero-order chi connectivity index (χ0) is 24.3. The Morgan fingerprint density at radius 2 is 1.09 bits per heavy atom. The summed E-state index contributed by atoms with van der Waals surface area (Å²) in [6.45, 7) is 15.1. The predicted octanol–water partition coefficient (Wildman–Crippen LogP) is 10.6. The summed E-state index contributed by atoms with van der Waals surface area (Å²) in [4.78, 5) is 0. The van der Waals surface area contributed by atoms with Crippen LogP contribution < -0.4 is 0 Å². The van der Waals surface area contributed by atoms with Gasteiger partial charge in [-0.05, 0) is 117 Å². The molecule has 0 amide bonds. The summed E-state index contributed by atoms with van der Waals surface area (Å²) in [5.41, 5.74) is 8.74. The summed E-state index contributed by atoms with van der Waals surface area (Å²) in [5.74, 6) is 0. The lowest BCUT2D eigenvalue weighted by Gasteiger charge is -2.03. The molecule has 1 heteroatoms. The molecule has 33 heavy (non-hydrogen) atoms. The molecule has 0 aromatic carbocycles. The Balaban J connectivity index is 2.19. The van der Waals surface area contributed by atoms with Crippen LogP contribution in [0, 0.1) is 0 Å². The van der Waals surface area contributed by atoms with Crippen molar-refractivity contribution in [1.82, 2.24) is 0 Å². The number of furan rings is 1. The van der Waals surface area contributed by atoms with E-state index in [1.165, 1.54) is 52.7 Å². The van der Waals surface area contributed by atoms with Gasteiger partial charge in [0.2, 0.25) is 0 Å². The molecule has 0 atom stereocenters. The molecule has 0 saturated heterocycles. The monoisotopic (exact) mass is 448 g/mol. The molecule has 1 nitrogen and oxygen atoms in total. The van der Waals surface area contributed by atoms with Crippen molar-refractivity contribution in [3.8, 4) is 0 Å². The summed E-state index contributed by atoms with van der Waals surface area (Å²) in [7, 11) is 0. The molecule has 0 N–H and O–H groups in total. The summed E-state index contributed by atoms with van der Waals surface area (Å²) >= 11 is 0. The second-order valence-corrected chi connectivity index (χ2v) is 9.57. The molecule has 0 bridgehead atoms. The highest BCUT2D eigenvalue weighted by molar-refractivity contribution is 5.10. The van der Waals surface area contributed by atoms with E-state index in [4.69, 9.17) is 4.42 Å². The average molecular weight is 449 g/mol. The molecule has 0 spiro atoms. The van der Waals surface area contributed by atoms with Gasteiger partial charge in [-0.25, -0.2) is 0 Å². The number of allylic oxidation sites excluding steroid dienone is 11. The third kappa shape index (κ3) is 16.1. The molecule has 0 aliphatic rings. The average Bonchev–Trinajstić information content (AvgIpc) is 3.27. The molecule has 0 aliphatic carbocycles. The van der Waals surface area contributed by atoms with Gasteiger partial charge < -0.3 is 4.42 Å². The maximum absolute atomic E-state index is 5.13. The van der Waals surface area contributed by atoms with Crippen LogP contribution in [0.3, 0.4) is 0 Å². The lowest BCUT2D eigenvalue weighted by Crippen LogP contribution is -1.84. The van der Waals surface area contributed by atoms with Crippen LogP contribution in [0.1, 0.15) is 104 Å². The first-order valence-corrected chi connectivity index (χ1v) is 12.8. The van der Waals surface area contributed by atoms with Crippen molar-refractivity contribution in [2.75, 3.05) is 0 Å². The third-order valence-corrected chi connectivity index (χ3v) is 6.10. The van der Waals surface area contributed by atoms with Gasteiger partial charge in [0.1, 0.15) is 0 Å². The molecular formula is C32H48O. The van der Waals surface area contributed by atoms with E-state index in [2.05, 4.69) is 77.6 Å². The molecule has 0 radical (unpaired) electrons. The fraction of sp³-hybridized carbons (Fsp3) is 0.500. The number of hydrogen-bond donors (Lipinski definition) is 0. The molecule has 182 valence electrons. The largest absolute Gasteiger partial charge is 0.472 e. The maximum Gasteiger partial charge on any atom is 0.0934 e. The quantitative estimate of drug-likeness (QED) is 0.216. The Bertz CT molecular complexity index is 809. The Hall–Kier alpha value is -2.28. The minimum Gasteiger partial charge on any atom is -0.472 e. The molecule has 0 fully saturated rings. The topological polar surface area (TPSA) is 13.1 Å². The normalized spacial score (nSPS) is 14.2. The van der Waals surface area contributed by atoms with Gasteiger partial charge in [0.15, 0.2) is 0 Å². The molecule has 1 rings (SSSR count). The highest BCUT2D eigenvalue weighted by Crippen LogP contribution is 2.15. The van der Waals surface area contributed by atoms with Crippen LogP contribution in [0.4, 0.5) is 0 Å². The van der Waals surface area contributed by atoms with Crippen molar-refractivity contribution in [3.63, 3.8) is 0 Å². The maximum atomic E-state index is 5.13. The van der Waals surface area contributed by atoms with Gasteiger partial charge in [-0.15, -0.1) is 6.58 Å². The summed E-state index contributed by atoms with van der Waals surface area (Å²) < 4.78 is 5.13. The van der Waals surface area contributed by atoms with Gasteiger partial charge in [0, 0.05) is 0 Å². The van der Waals surface area contributed by atoms with Crippen molar-refractivity contribution in [1.29, 1.82) is 0 Å². The number of aryl methyl sites for hydroxylation is 1. The van der Waals surface area contributed by atoms with Gasteiger partial charge in [-0.2, -0.15) is 0 Å². The molecule has 1 aromatic heterocycles. The Kier molecular flexibility index (Phi) is 15.8. The Morgan fingerprint density at radius 1 is 0.667 bits per heavy atom. The van der Waals surface area contributed by atoms with E-state index < -0.39 is 0 Å². The van der Waals surface area contributed by atoms with E-state index in [9.17, 15) is 0 Å². The van der Waals surface area contributed by atoms with E-state index in [1.807, 2.05) is 12.3 Å². The standard InChI is InChI=1S/C32H48O/c1-7-13-27(2)14-8-15-28(3)16-9-17-29(4)18-10-19-30(5)20-11-21-31(6)22-12-23-32-24-25-33-26-32/h7,14,16,18,20,22,24-26H,1,8-13,15,17,19,21,23H2,2-6H3. The second kappa shape index (κ2) is 18.2. The Labute approximate surface area is 204 Å². The van der Waals surface area contributed by atoms with Gasteiger partial charge in [0.05, 0.1) is 12.5 Å². The molecule has 0 saturated carbocycles. The molecule has 0 aliphatic heterocycles. The van der Waals surface area contributed by atoms with Crippen molar-refractivity contribution < 1.29 is 4.42 Å². The van der Waals surface area contributed by atoms with E-state index in [-0.39, 0.29) is 0 Å². The van der Waals surface area contributed by atoms with Crippen molar-refractivity contribution in [3.05, 3.63) is 95.1 Å². The fourth-order valence-corrected chi connectivity index (χ4v) is 3.82. The molecular weight excluding hydrogens is 400 g/mol. The molecule has 0 unspecified atom stereocenters. The van der Waals surface area contributed by atoms with Crippen molar-refractivity contribution in [2.45, 2.75) is 105 Å². The van der Waals surface area contributed by atoms with Gasteiger partial charge in [-0.3, -0.25) is 0 Å². The van der Waals surface area contributed by atoms with Crippen molar-refractivity contribution in [2.24, 2.45) is 0 Å². The first-order chi connectivity index (χ1) is 15.9. The smallest absolute Gasteiger partial charge is 0.0934 e. The third-order valence-electron chi connectivity index (χ3n) is 6.10. The van der Waals surface area contributed by atoms with E-state index in [0.29, 0.717) is 0 Å². The zero-order valence-corrected chi connectivity index (χ0v) is 22.1. The van der Waals surface area contributed by atoms with Crippen LogP contribution in [0.15, 0.2) is 93.9 Å². The zero-order valence-electron chi connectivity index (χ0n) is 22.1. The van der Waals surface area contributed by atoms with E-state index >= 15 is 0 Å². The van der Waals surface area contributed by atoms with Crippen LogP contribution in [0.5, 0.6) is 0 Å². The summed E-state index contributed by atoms with van der Waals surface area (Å²) in [6.07, 6.45) is 30.0. The highest BCUT2D eigenvalue weighted by Gasteiger charge is 1.96. The van der Waals surface area contributed by atoms with Gasteiger partial charge in [-0.1, -0.05) is 64.3 Å². The van der Waals surface area contributed by atoms with Crippen LogP contribution in [0.25, 0.3) is 0 Å². The molecule has 1 heterocycles. The van der Waals surface area contributed by atoms with Crippen LogP contribution >= 0.6 is 0 Å². The van der Waals surface area contributed by atoms with Crippen molar-refractivity contribution >= 4 is 0 Å². The lowest BCUT2D eigenvalue weighted by atomic mass is 10.0. The predicted molar refractivity (Wildman–Crippen MR) is 148 cm³/mol. The lowest BCUT2D eigenvalue weighted by molar-refractivity contribution is 0.564. The number of hydrogen-bond acceptors (Lipinski definition) is 1. The Morgan fingerprint density at radius 3 is 1.48 bits per heavy atom. The fourth-order valence-electron chi connectivity index (χ4n) is 3.82. The van der Waals surface area contributed by atoms with Gasteiger partial charge >= 0.3 is 0 Å². The minimum atomic E-state index is 1.01. The minimum absolute atomic E-state index is 1.01. The number of rotatable bonds is 17. The van der Waals surface area contributed by atoms with Gasteiger partial charge in [0.25, 0.3) is 0 Å². The van der Waals surface area contributed by atoms with Crippen LogP contribution in [0.2, 0.25) is 0 Å². The SMILES string of the molecule is C=CCC(C)=CCCC(C)=CCCC(C)=CCCC(C)=CCCC(C)=CCCc1ccoc1. The van der Waals surface area contributed by atoms with E-state index in [1.54, 1.807) is 6.26 Å². The molecule has 1 aromatic rings. The first-order valence-electron chi connectivity index (χ1n) is 12.8.